The number of hydrogen-bond acceptors (Lipinski definition) is 4. The van der Waals surface area contributed by atoms with Gasteiger partial charge in [0.05, 0.1) is 6.54 Å². The highest BCUT2D eigenvalue weighted by atomic mass is 127. The Morgan fingerprint density at radius 1 is 1.19 bits per heavy atom. The number of nitrogens with zero attached hydrogens (tertiary/aromatic N) is 2. The molecule has 2 aromatic rings. The van der Waals surface area contributed by atoms with Crippen LogP contribution in [0.1, 0.15) is 11.8 Å². The Morgan fingerprint density at radius 3 is 2.56 bits per heavy atom. The molecule has 0 radical (unpaired) electrons. The van der Waals surface area contributed by atoms with Crippen LogP contribution in [0.15, 0.2) is 57.7 Å². The topological polar surface area (TPSA) is 56.7 Å². The van der Waals surface area contributed by atoms with Crippen LogP contribution in [0.3, 0.4) is 0 Å². The van der Waals surface area contributed by atoms with Gasteiger partial charge in [-0.25, -0.2) is 4.99 Å². The van der Waals surface area contributed by atoms with Gasteiger partial charge < -0.3 is 15.5 Å². The number of guanidine groups is 1. The van der Waals surface area contributed by atoms with Crippen LogP contribution in [0, 0.1) is 0 Å². The largest absolute Gasteiger partial charge is 0.355 e. The third-order valence-electron chi connectivity index (χ3n) is 3.52. The first-order valence-corrected chi connectivity index (χ1v) is 10.3. The van der Waals surface area contributed by atoms with Crippen molar-refractivity contribution in [1.82, 2.24) is 15.5 Å². The second-order valence-electron chi connectivity index (χ2n) is 6.01. The Hall–Kier alpha value is -1.26. The Balaban J connectivity index is 0.00000364. The van der Waals surface area contributed by atoms with E-state index < -0.39 is 0 Å². The van der Waals surface area contributed by atoms with Crippen molar-refractivity contribution in [2.24, 2.45) is 4.99 Å². The van der Waals surface area contributed by atoms with Crippen LogP contribution < -0.4 is 10.6 Å². The summed E-state index contributed by atoms with van der Waals surface area (Å²) in [6, 6.07) is 14.4. The van der Waals surface area contributed by atoms with Gasteiger partial charge in [-0.3, -0.25) is 4.79 Å². The molecule has 5 nitrogen and oxygen atoms in total. The van der Waals surface area contributed by atoms with Gasteiger partial charge in [-0.2, -0.15) is 0 Å². The van der Waals surface area contributed by atoms with Crippen LogP contribution in [-0.2, 0) is 11.3 Å². The highest BCUT2D eigenvalue weighted by Gasteiger charge is 2.08. The SMILES string of the molecule is CC(CNC(=NCC(=O)N(C)C)NCc1cccs1)Sc1ccccc1.I. The van der Waals surface area contributed by atoms with Gasteiger partial charge in [-0.1, -0.05) is 31.2 Å². The molecule has 0 bridgehead atoms. The van der Waals surface area contributed by atoms with Crippen molar-refractivity contribution in [3.8, 4) is 0 Å². The molecule has 0 aliphatic heterocycles. The standard InChI is InChI=1S/C19H26N4OS2.HI/c1-15(26-16-8-5-4-6-9-16)12-20-19(22-14-18(24)23(2)3)21-13-17-10-7-11-25-17;/h4-11,15H,12-14H2,1-3H3,(H2,20,21,22);1H. The number of thiophene rings is 1. The molecule has 1 aromatic carbocycles. The number of likely N-dealkylation sites (N-methyl/N-ethyl adjacent to an activating group) is 1. The van der Waals surface area contributed by atoms with Crippen LogP contribution in [-0.4, -0.2) is 49.2 Å². The highest BCUT2D eigenvalue weighted by Crippen LogP contribution is 2.21. The first-order valence-electron chi connectivity index (χ1n) is 8.51. The first kappa shape index (κ1) is 23.8. The molecule has 27 heavy (non-hydrogen) atoms. The van der Waals surface area contributed by atoms with E-state index in [9.17, 15) is 4.79 Å². The molecule has 148 valence electrons. The van der Waals surface area contributed by atoms with E-state index in [1.807, 2.05) is 36.0 Å². The number of carbonyl (C=O) groups excluding carboxylic acids is 1. The molecule has 2 rings (SSSR count). The molecular weight excluding hydrogens is 491 g/mol. The van der Waals surface area contributed by atoms with E-state index >= 15 is 0 Å². The molecule has 1 atom stereocenters. The molecule has 0 aliphatic rings. The summed E-state index contributed by atoms with van der Waals surface area (Å²) in [5, 5.41) is 9.08. The number of hydrogen-bond donors (Lipinski definition) is 2. The maximum absolute atomic E-state index is 11.8. The first-order chi connectivity index (χ1) is 12.5. The summed E-state index contributed by atoms with van der Waals surface area (Å²) in [5.41, 5.74) is 0. The zero-order valence-electron chi connectivity index (χ0n) is 15.8. The van der Waals surface area contributed by atoms with Gasteiger partial charge in [-0.05, 0) is 23.6 Å². The van der Waals surface area contributed by atoms with Crippen LogP contribution in [0.2, 0.25) is 0 Å². The molecule has 1 heterocycles. The van der Waals surface area contributed by atoms with Crippen molar-refractivity contribution in [1.29, 1.82) is 0 Å². The minimum Gasteiger partial charge on any atom is -0.355 e. The molecule has 1 aromatic heterocycles. The van der Waals surface area contributed by atoms with Crippen LogP contribution in [0.5, 0.6) is 0 Å². The quantitative estimate of drug-likeness (QED) is 0.243. The highest BCUT2D eigenvalue weighted by molar-refractivity contribution is 14.0. The number of nitrogens with one attached hydrogen (secondary N) is 2. The van der Waals surface area contributed by atoms with Gasteiger partial charge in [-0.15, -0.1) is 47.1 Å². The lowest BCUT2D eigenvalue weighted by Crippen LogP contribution is -2.40. The lowest BCUT2D eigenvalue weighted by molar-refractivity contribution is -0.127. The maximum Gasteiger partial charge on any atom is 0.243 e. The summed E-state index contributed by atoms with van der Waals surface area (Å²) in [6.07, 6.45) is 0. The number of aliphatic imine (C=N–C) groups is 1. The Kier molecular flexibility index (Phi) is 11.5. The average Bonchev–Trinajstić information content (AvgIpc) is 3.15. The number of thioether (sulfide) groups is 1. The molecular formula is C19H27IN4OS2. The smallest absolute Gasteiger partial charge is 0.243 e. The fourth-order valence-corrected chi connectivity index (χ4v) is 3.65. The predicted octanol–water partition coefficient (Wildman–Crippen LogP) is 3.67. The summed E-state index contributed by atoms with van der Waals surface area (Å²) >= 11 is 3.51. The second kappa shape index (κ2) is 13.0. The zero-order valence-corrected chi connectivity index (χ0v) is 19.8. The van der Waals surface area contributed by atoms with Crippen molar-refractivity contribution in [3.05, 3.63) is 52.7 Å². The molecule has 8 heteroatoms. The average molecular weight is 518 g/mol. The predicted molar refractivity (Wildman–Crippen MR) is 127 cm³/mol. The molecule has 0 aliphatic carbocycles. The van der Waals surface area contributed by atoms with Crippen molar-refractivity contribution in [3.63, 3.8) is 0 Å². The van der Waals surface area contributed by atoms with Gasteiger partial charge in [0.15, 0.2) is 5.96 Å². The van der Waals surface area contributed by atoms with Gasteiger partial charge in [0.25, 0.3) is 0 Å². The Morgan fingerprint density at radius 2 is 1.93 bits per heavy atom. The minimum atomic E-state index is -0.0195. The molecule has 2 N–H and O–H groups in total. The van der Waals surface area contributed by atoms with E-state index in [0.717, 1.165) is 6.54 Å². The Bertz CT molecular complexity index is 693. The molecule has 1 amide bonds. The normalized spacial score (nSPS) is 12.0. The number of benzene rings is 1. The van der Waals surface area contributed by atoms with Gasteiger partial charge in [0.2, 0.25) is 5.91 Å². The zero-order chi connectivity index (χ0) is 18.8. The summed E-state index contributed by atoms with van der Waals surface area (Å²) in [6.45, 7) is 3.76. The van der Waals surface area contributed by atoms with Gasteiger partial charge in [0, 0.05) is 35.7 Å². The molecule has 0 spiro atoms. The van der Waals surface area contributed by atoms with Crippen LogP contribution >= 0.6 is 47.1 Å². The van der Waals surface area contributed by atoms with E-state index in [4.69, 9.17) is 0 Å². The fourth-order valence-electron chi connectivity index (χ4n) is 2.06. The maximum atomic E-state index is 11.8. The number of rotatable bonds is 8. The fraction of sp³-hybridized carbons (Fsp3) is 0.368. The van der Waals surface area contributed by atoms with E-state index in [0.29, 0.717) is 17.8 Å². The second-order valence-corrected chi connectivity index (χ2v) is 8.55. The van der Waals surface area contributed by atoms with Crippen LogP contribution in [0.4, 0.5) is 0 Å². The molecule has 0 fully saturated rings. The van der Waals surface area contributed by atoms with Gasteiger partial charge in [0.1, 0.15) is 6.54 Å². The third kappa shape index (κ3) is 9.48. The summed E-state index contributed by atoms with van der Waals surface area (Å²) in [7, 11) is 3.48. The van der Waals surface area contributed by atoms with Crippen molar-refractivity contribution < 1.29 is 4.79 Å². The van der Waals surface area contributed by atoms with Crippen molar-refractivity contribution in [2.45, 2.75) is 23.6 Å². The molecule has 0 saturated heterocycles. The number of carbonyl (C=O) groups is 1. The minimum absolute atomic E-state index is 0. The Labute approximate surface area is 187 Å². The third-order valence-corrected chi connectivity index (χ3v) is 5.51. The van der Waals surface area contributed by atoms with E-state index in [2.05, 4.69) is 46.1 Å². The number of amides is 1. The van der Waals surface area contributed by atoms with Gasteiger partial charge >= 0.3 is 0 Å². The lowest BCUT2D eigenvalue weighted by Gasteiger charge is -2.16. The number of halogens is 1. The van der Waals surface area contributed by atoms with Crippen molar-refractivity contribution >= 4 is 58.9 Å². The molecule has 1 unspecified atom stereocenters. The van der Waals surface area contributed by atoms with Crippen molar-refractivity contribution in [2.75, 3.05) is 27.2 Å². The lowest BCUT2D eigenvalue weighted by atomic mass is 10.4. The summed E-state index contributed by atoms with van der Waals surface area (Å²) in [5.74, 6) is 0.642. The molecule has 0 saturated carbocycles. The monoisotopic (exact) mass is 518 g/mol. The summed E-state index contributed by atoms with van der Waals surface area (Å²) in [4.78, 5) is 20.3. The summed E-state index contributed by atoms with van der Waals surface area (Å²) < 4.78 is 0. The van der Waals surface area contributed by atoms with E-state index in [1.165, 1.54) is 9.77 Å². The van der Waals surface area contributed by atoms with E-state index in [1.54, 1.807) is 30.3 Å². The van der Waals surface area contributed by atoms with Crippen LogP contribution in [0.25, 0.3) is 0 Å². The van der Waals surface area contributed by atoms with E-state index in [-0.39, 0.29) is 36.4 Å².